The molecule has 0 radical (unpaired) electrons. The van der Waals surface area contributed by atoms with Crippen LogP contribution in [0.4, 0.5) is 0 Å². The molecule has 2 rings (SSSR count). The van der Waals surface area contributed by atoms with Gasteiger partial charge in [0.25, 0.3) is 5.91 Å². The Labute approximate surface area is 110 Å². The number of carbonyl (C=O) groups excluding carboxylic acids is 1. The summed E-state index contributed by atoms with van der Waals surface area (Å²) < 4.78 is 0. The predicted molar refractivity (Wildman–Crippen MR) is 68.5 cm³/mol. The van der Waals surface area contributed by atoms with E-state index in [0.717, 1.165) is 12.8 Å². The van der Waals surface area contributed by atoms with Crippen LogP contribution in [0.3, 0.4) is 0 Å². The lowest BCUT2D eigenvalue weighted by Gasteiger charge is -2.20. The Balaban J connectivity index is 2.21. The Hall–Kier alpha value is -1.06. The molecule has 1 aromatic heterocycles. The first-order valence-electron chi connectivity index (χ1n) is 5.36. The normalized spacial score (nSPS) is 14.5. The third-order valence-electron chi connectivity index (χ3n) is 2.62. The van der Waals surface area contributed by atoms with E-state index in [9.17, 15) is 4.79 Å². The van der Waals surface area contributed by atoms with Gasteiger partial charge in [-0.05, 0) is 18.9 Å². The molecule has 90 valence electrons. The van der Waals surface area contributed by atoms with Crippen LogP contribution >= 0.6 is 23.2 Å². The van der Waals surface area contributed by atoms with Crippen LogP contribution in [0.5, 0.6) is 0 Å². The number of rotatable bonds is 4. The lowest BCUT2D eigenvalue weighted by molar-refractivity contribution is 0.0762. The molecule has 0 saturated heterocycles. The van der Waals surface area contributed by atoms with Gasteiger partial charge in [0.05, 0.1) is 10.6 Å². The van der Waals surface area contributed by atoms with Crippen LogP contribution in [0.1, 0.15) is 23.2 Å². The first-order chi connectivity index (χ1) is 8.13. The fourth-order valence-electron chi connectivity index (χ4n) is 1.63. The van der Waals surface area contributed by atoms with Crippen molar-refractivity contribution in [3.8, 4) is 0 Å². The van der Waals surface area contributed by atoms with Gasteiger partial charge in [0.2, 0.25) is 0 Å². The number of hydrogen-bond donors (Lipinski definition) is 0. The van der Waals surface area contributed by atoms with E-state index < -0.39 is 0 Å². The minimum absolute atomic E-state index is 0.0709. The monoisotopic (exact) mass is 270 g/mol. The molecule has 3 nitrogen and oxygen atoms in total. The van der Waals surface area contributed by atoms with E-state index in [4.69, 9.17) is 23.2 Å². The van der Waals surface area contributed by atoms with Gasteiger partial charge in [-0.1, -0.05) is 29.3 Å². The quantitative estimate of drug-likeness (QED) is 0.622. The van der Waals surface area contributed by atoms with Crippen molar-refractivity contribution in [2.75, 3.05) is 6.54 Å². The van der Waals surface area contributed by atoms with Crippen molar-refractivity contribution in [1.82, 2.24) is 9.88 Å². The Morgan fingerprint density at radius 1 is 1.59 bits per heavy atom. The molecular weight excluding hydrogens is 259 g/mol. The van der Waals surface area contributed by atoms with E-state index >= 15 is 0 Å². The number of carbonyl (C=O) groups is 1. The molecule has 0 bridgehead atoms. The highest BCUT2D eigenvalue weighted by Gasteiger charge is 2.32. The molecule has 1 aliphatic carbocycles. The maximum atomic E-state index is 12.2. The van der Waals surface area contributed by atoms with Gasteiger partial charge in [-0.15, -0.1) is 6.58 Å². The zero-order valence-corrected chi connectivity index (χ0v) is 10.7. The molecule has 0 aromatic carbocycles. The van der Waals surface area contributed by atoms with Gasteiger partial charge < -0.3 is 4.90 Å². The topological polar surface area (TPSA) is 33.2 Å². The summed E-state index contributed by atoms with van der Waals surface area (Å²) in [4.78, 5) is 17.9. The highest BCUT2D eigenvalue weighted by molar-refractivity contribution is 6.41. The van der Waals surface area contributed by atoms with Gasteiger partial charge in [-0.2, -0.15) is 0 Å². The zero-order valence-electron chi connectivity index (χ0n) is 9.20. The van der Waals surface area contributed by atoms with Gasteiger partial charge in [0.1, 0.15) is 5.15 Å². The summed E-state index contributed by atoms with van der Waals surface area (Å²) in [6.07, 6.45) is 5.28. The summed E-state index contributed by atoms with van der Waals surface area (Å²) in [5.41, 5.74) is 0.466. The number of amides is 1. The molecule has 0 unspecified atom stereocenters. The second-order valence-corrected chi connectivity index (χ2v) is 4.74. The minimum atomic E-state index is -0.0709. The summed E-state index contributed by atoms with van der Waals surface area (Å²) in [5.74, 6) is -0.0709. The third-order valence-corrected chi connectivity index (χ3v) is 3.30. The van der Waals surface area contributed by atoms with Crippen molar-refractivity contribution < 1.29 is 4.79 Å². The summed E-state index contributed by atoms with van der Waals surface area (Å²) in [6.45, 7) is 4.21. The Morgan fingerprint density at radius 2 is 2.29 bits per heavy atom. The maximum absolute atomic E-state index is 12.2. The van der Waals surface area contributed by atoms with Crippen molar-refractivity contribution in [2.24, 2.45) is 0 Å². The zero-order chi connectivity index (χ0) is 12.4. The molecule has 0 aliphatic heterocycles. The van der Waals surface area contributed by atoms with Crippen molar-refractivity contribution in [2.45, 2.75) is 18.9 Å². The SMILES string of the molecule is C=CCN(C(=O)c1cnc(Cl)c(Cl)c1)C1CC1. The predicted octanol–water partition coefficient (Wildman–Crippen LogP) is 3.18. The molecule has 1 aliphatic rings. The smallest absolute Gasteiger partial charge is 0.256 e. The standard InChI is InChI=1S/C12H12Cl2N2O/c1-2-5-16(9-3-4-9)12(17)8-6-10(13)11(14)15-7-8/h2,6-7,9H,1,3-5H2. The Bertz CT molecular complexity index is 458. The van der Waals surface area contributed by atoms with E-state index in [1.54, 1.807) is 17.0 Å². The van der Waals surface area contributed by atoms with Gasteiger partial charge >= 0.3 is 0 Å². The maximum Gasteiger partial charge on any atom is 0.256 e. The van der Waals surface area contributed by atoms with E-state index in [0.29, 0.717) is 23.2 Å². The molecule has 0 spiro atoms. The van der Waals surface area contributed by atoms with Crippen molar-refractivity contribution in [3.63, 3.8) is 0 Å². The van der Waals surface area contributed by atoms with Crippen molar-refractivity contribution >= 4 is 29.1 Å². The fraction of sp³-hybridized carbons (Fsp3) is 0.333. The van der Waals surface area contributed by atoms with Crippen LogP contribution in [0.15, 0.2) is 24.9 Å². The molecule has 0 atom stereocenters. The second-order valence-electron chi connectivity index (χ2n) is 3.97. The van der Waals surface area contributed by atoms with Crippen LogP contribution in [0.2, 0.25) is 10.2 Å². The number of pyridine rings is 1. The summed E-state index contributed by atoms with van der Waals surface area (Å²) in [5, 5.41) is 0.511. The lowest BCUT2D eigenvalue weighted by Crippen LogP contribution is -2.33. The van der Waals surface area contributed by atoms with E-state index in [1.807, 2.05) is 0 Å². The first-order valence-corrected chi connectivity index (χ1v) is 6.12. The Kier molecular flexibility index (Phi) is 3.69. The third kappa shape index (κ3) is 2.79. The molecule has 5 heteroatoms. The molecule has 1 amide bonds. The molecule has 17 heavy (non-hydrogen) atoms. The summed E-state index contributed by atoms with van der Waals surface area (Å²) in [6, 6.07) is 1.88. The number of hydrogen-bond acceptors (Lipinski definition) is 2. The van der Waals surface area contributed by atoms with Crippen LogP contribution in [-0.2, 0) is 0 Å². The average molecular weight is 271 g/mol. The van der Waals surface area contributed by atoms with Crippen LogP contribution < -0.4 is 0 Å². The second kappa shape index (κ2) is 5.07. The highest BCUT2D eigenvalue weighted by atomic mass is 35.5. The van der Waals surface area contributed by atoms with Crippen molar-refractivity contribution in [1.29, 1.82) is 0 Å². The van der Waals surface area contributed by atoms with Gasteiger partial charge in [-0.25, -0.2) is 4.98 Å². The molecule has 1 fully saturated rings. The van der Waals surface area contributed by atoms with Crippen LogP contribution in [0.25, 0.3) is 0 Å². The van der Waals surface area contributed by atoms with E-state index in [-0.39, 0.29) is 11.1 Å². The molecular formula is C12H12Cl2N2O. The van der Waals surface area contributed by atoms with E-state index in [2.05, 4.69) is 11.6 Å². The lowest BCUT2D eigenvalue weighted by atomic mass is 10.2. The Morgan fingerprint density at radius 3 is 2.82 bits per heavy atom. The van der Waals surface area contributed by atoms with Gasteiger partial charge in [0.15, 0.2) is 0 Å². The van der Waals surface area contributed by atoms with Crippen LogP contribution in [0, 0.1) is 0 Å². The highest BCUT2D eigenvalue weighted by Crippen LogP contribution is 2.29. The molecule has 1 heterocycles. The molecule has 1 saturated carbocycles. The number of nitrogens with zero attached hydrogens (tertiary/aromatic N) is 2. The summed E-state index contributed by atoms with van der Waals surface area (Å²) >= 11 is 11.6. The average Bonchev–Trinajstić information content (AvgIpc) is 3.13. The van der Waals surface area contributed by atoms with Gasteiger partial charge in [0, 0.05) is 18.8 Å². The number of halogens is 2. The largest absolute Gasteiger partial charge is 0.332 e. The fourth-order valence-corrected chi connectivity index (χ4v) is 1.90. The first kappa shape index (κ1) is 12.4. The van der Waals surface area contributed by atoms with Crippen molar-refractivity contribution in [3.05, 3.63) is 40.7 Å². The van der Waals surface area contributed by atoms with E-state index in [1.165, 1.54) is 6.20 Å². The van der Waals surface area contributed by atoms with Crippen LogP contribution in [-0.4, -0.2) is 28.4 Å². The molecule has 0 N–H and O–H groups in total. The molecule has 1 aromatic rings. The van der Waals surface area contributed by atoms with Gasteiger partial charge in [-0.3, -0.25) is 4.79 Å². The summed E-state index contributed by atoms with van der Waals surface area (Å²) in [7, 11) is 0. The number of aromatic nitrogens is 1. The minimum Gasteiger partial charge on any atom is -0.332 e.